The highest BCUT2D eigenvalue weighted by molar-refractivity contribution is 5.73. The Morgan fingerprint density at radius 2 is 1.61 bits per heavy atom. The van der Waals surface area contributed by atoms with E-state index in [0.717, 1.165) is 5.57 Å². The summed E-state index contributed by atoms with van der Waals surface area (Å²) in [7, 11) is 4.46. The van der Waals surface area contributed by atoms with Gasteiger partial charge in [0, 0.05) is 38.2 Å². The maximum absolute atomic E-state index is 14.1. The first-order valence-corrected chi connectivity index (χ1v) is 18.5. The van der Waals surface area contributed by atoms with Gasteiger partial charge in [0.25, 0.3) is 0 Å². The summed E-state index contributed by atoms with van der Waals surface area (Å²) in [6.07, 6.45) is -8.81. The molecule has 3 fully saturated rings. The molecule has 4 aliphatic heterocycles. The maximum Gasteiger partial charge on any atom is 0.311 e. The van der Waals surface area contributed by atoms with Crippen molar-refractivity contribution in [1.82, 2.24) is 0 Å². The molecule has 2 bridgehead atoms. The summed E-state index contributed by atoms with van der Waals surface area (Å²) in [4.78, 5) is 14.1. The number of hydrogen-bond donors (Lipinski definition) is 4. The minimum atomic E-state index is -1.85. The van der Waals surface area contributed by atoms with Gasteiger partial charge in [0.1, 0.15) is 41.3 Å². The Labute approximate surface area is 303 Å². The third kappa shape index (κ3) is 8.31. The van der Waals surface area contributed by atoms with Crippen LogP contribution >= 0.6 is 0 Å². The molecule has 4 N–H and O–H groups in total. The van der Waals surface area contributed by atoms with Crippen molar-refractivity contribution in [3.05, 3.63) is 16.5 Å². The lowest BCUT2D eigenvalue weighted by Crippen LogP contribution is -2.62. The number of aliphatic hydroxyl groups excluding tert-OH is 3. The normalized spacial score (nSPS) is 49.0. The Morgan fingerprint density at radius 3 is 2.18 bits per heavy atom. The summed E-state index contributed by atoms with van der Waals surface area (Å²) < 4.78 is 43.6. The van der Waals surface area contributed by atoms with Crippen LogP contribution in [0.15, 0.2) is 11.3 Å². The van der Waals surface area contributed by atoms with Gasteiger partial charge in [-0.2, -0.15) is 0 Å². The molecule has 0 aromatic heterocycles. The standard InChI is InChI=1S/C37H65NO13/c1-14-25-37(10,43)30(40)20(4)28-18(2)16-36(9,51-28)32(50-34-27(39)24(38(11,12)44)15-19(3)46-34)21(5)29(22(6)33(42)48-25)49-26-17-35(8,45-13)31(41)23(7)47-26/h19-27,29-32,34,39-41,43H,14-17H2,1-13H3/t19-,20+,21+,22-,23+,24-,25+,26+,27-,29-,30-,31+,32-,34+,35-,36+,37-/m1/s1. The molecular formula is C37H65NO13. The number of aliphatic hydroxyl groups is 4. The van der Waals surface area contributed by atoms with Crippen molar-refractivity contribution in [2.24, 2.45) is 17.8 Å². The first-order valence-electron chi connectivity index (χ1n) is 18.5. The molecule has 0 unspecified atom stereocenters. The number of quaternary nitrogens is 1. The zero-order valence-electron chi connectivity index (χ0n) is 32.8. The molecule has 4 rings (SSSR count). The topological polar surface area (TPSA) is 186 Å². The van der Waals surface area contributed by atoms with Gasteiger partial charge in [-0.3, -0.25) is 4.79 Å². The Bertz CT molecular complexity index is 1260. The van der Waals surface area contributed by atoms with E-state index in [1.165, 1.54) is 28.1 Å². The SMILES string of the molecule is CC[C@@H]1OC(=O)[C@H](C)[C@H](O[C@H]2C[C@@](C)(OC)[C@@H](O)[C@H](C)O2)[C@H](C)[C@@H](O[C@@H]2O[C@H](C)C[C@@H]([N+](C)(C)[O-])[C@H]2O)[C@]2(C)CC(C)=C(O2)[C@H](C)[C@@H](O)[C@]1(C)O. The first kappa shape index (κ1) is 42.3. The van der Waals surface area contributed by atoms with Gasteiger partial charge in [-0.15, -0.1) is 0 Å². The molecule has 0 saturated carbocycles. The Hall–Kier alpha value is -1.43. The monoisotopic (exact) mass is 731 g/mol. The zero-order valence-corrected chi connectivity index (χ0v) is 32.8. The number of methoxy groups -OCH3 is 1. The third-order valence-electron chi connectivity index (χ3n) is 12.1. The zero-order chi connectivity index (χ0) is 38.6. The van der Waals surface area contributed by atoms with E-state index in [1.807, 2.05) is 27.7 Å². The second kappa shape index (κ2) is 15.4. The highest BCUT2D eigenvalue weighted by atomic mass is 16.7. The molecule has 14 nitrogen and oxygen atoms in total. The minimum Gasteiger partial charge on any atom is -0.633 e. The van der Waals surface area contributed by atoms with Gasteiger partial charge in [-0.05, 0) is 60.5 Å². The molecule has 0 spiro atoms. The highest BCUT2D eigenvalue weighted by Gasteiger charge is 2.56. The molecule has 14 heteroatoms. The molecule has 4 heterocycles. The van der Waals surface area contributed by atoms with Gasteiger partial charge >= 0.3 is 5.97 Å². The van der Waals surface area contributed by atoms with Crippen LogP contribution in [0, 0.1) is 23.0 Å². The molecule has 4 aliphatic rings. The number of hydrogen-bond acceptors (Lipinski definition) is 13. The Morgan fingerprint density at radius 1 is 0.980 bits per heavy atom. The largest absolute Gasteiger partial charge is 0.633 e. The first-order chi connectivity index (χ1) is 23.4. The van der Waals surface area contributed by atoms with E-state index in [9.17, 15) is 30.4 Å². The van der Waals surface area contributed by atoms with E-state index >= 15 is 0 Å². The van der Waals surface area contributed by atoms with Gasteiger partial charge in [0.15, 0.2) is 18.7 Å². The van der Waals surface area contributed by atoms with Crippen LogP contribution in [-0.2, 0) is 38.0 Å². The van der Waals surface area contributed by atoms with Crippen molar-refractivity contribution in [2.45, 2.75) is 179 Å². The van der Waals surface area contributed by atoms with Crippen LogP contribution in [0.5, 0.6) is 0 Å². The number of ether oxygens (including phenoxy) is 7. The summed E-state index contributed by atoms with van der Waals surface area (Å²) in [5.41, 5.74) is -3.19. The van der Waals surface area contributed by atoms with Crippen molar-refractivity contribution in [3.8, 4) is 0 Å². The van der Waals surface area contributed by atoms with E-state index in [2.05, 4.69) is 0 Å². The predicted molar refractivity (Wildman–Crippen MR) is 185 cm³/mol. The fraction of sp³-hybridized carbons (Fsp3) is 0.919. The predicted octanol–water partition coefficient (Wildman–Crippen LogP) is 2.90. The van der Waals surface area contributed by atoms with Gasteiger partial charge in [-0.1, -0.05) is 20.8 Å². The smallest absolute Gasteiger partial charge is 0.311 e. The van der Waals surface area contributed by atoms with Gasteiger partial charge in [0.2, 0.25) is 0 Å². The average molecular weight is 732 g/mol. The Balaban J connectivity index is 1.85. The molecule has 0 aromatic carbocycles. The number of carbonyl (C=O) groups excluding carboxylic acids is 1. The summed E-state index contributed by atoms with van der Waals surface area (Å²) in [6.45, 7) is 17.5. The quantitative estimate of drug-likeness (QED) is 0.170. The molecular weight excluding hydrogens is 666 g/mol. The number of cyclic esters (lactones) is 1. The lowest BCUT2D eigenvalue weighted by atomic mass is 9.78. The van der Waals surface area contributed by atoms with Crippen molar-refractivity contribution in [2.75, 3.05) is 21.2 Å². The van der Waals surface area contributed by atoms with E-state index in [0.29, 0.717) is 18.6 Å². The number of fused-ring (bicyclic) bond motifs is 2. The van der Waals surface area contributed by atoms with Crippen molar-refractivity contribution >= 4 is 5.97 Å². The van der Waals surface area contributed by atoms with Crippen LogP contribution in [0.2, 0.25) is 0 Å². The van der Waals surface area contributed by atoms with Gasteiger partial charge in [-0.25, -0.2) is 0 Å². The lowest BCUT2D eigenvalue weighted by Gasteiger charge is -2.51. The summed E-state index contributed by atoms with van der Waals surface area (Å²) >= 11 is 0. The molecule has 0 aromatic rings. The van der Waals surface area contributed by atoms with Gasteiger partial charge in [0.05, 0.1) is 50.0 Å². The average Bonchev–Trinajstić information content (AvgIpc) is 3.36. The van der Waals surface area contributed by atoms with Gasteiger partial charge < -0.3 is 63.4 Å². The van der Waals surface area contributed by atoms with Crippen LogP contribution in [0.1, 0.15) is 94.9 Å². The van der Waals surface area contributed by atoms with Crippen LogP contribution in [0.4, 0.5) is 0 Å². The highest BCUT2D eigenvalue weighted by Crippen LogP contribution is 2.47. The van der Waals surface area contributed by atoms with Crippen LogP contribution < -0.4 is 0 Å². The van der Waals surface area contributed by atoms with E-state index in [4.69, 9.17) is 33.2 Å². The van der Waals surface area contributed by atoms with E-state index < -0.39 is 113 Å². The van der Waals surface area contributed by atoms with E-state index in [1.54, 1.807) is 34.6 Å². The minimum absolute atomic E-state index is 0.139. The van der Waals surface area contributed by atoms with Crippen LogP contribution in [0.25, 0.3) is 0 Å². The molecule has 0 radical (unpaired) electrons. The molecule has 51 heavy (non-hydrogen) atoms. The lowest BCUT2D eigenvalue weighted by molar-refractivity contribution is -0.874. The Kier molecular flexibility index (Phi) is 12.8. The maximum atomic E-state index is 14.1. The fourth-order valence-corrected chi connectivity index (χ4v) is 8.83. The van der Waals surface area contributed by atoms with E-state index in [-0.39, 0.29) is 12.8 Å². The number of likely N-dealkylation sites (N-methyl/N-ethyl adjacent to an activating group) is 1. The van der Waals surface area contributed by atoms with Crippen molar-refractivity contribution in [3.63, 3.8) is 0 Å². The summed E-state index contributed by atoms with van der Waals surface area (Å²) in [6, 6.07) is -0.740. The van der Waals surface area contributed by atoms with Crippen LogP contribution in [0.3, 0.4) is 0 Å². The number of carbonyl (C=O) groups is 1. The van der Waals surface area contributed by atoms with Crippen molar-refractivity contribution < 1.29 is 63.0 Å². The molecule has 0 amide bonds. The second-order valence-corrected chi connectivity index (χ2v) is 16.8. The summed E-state index contributed by atoms with van der Waals surface area (Å²) in [5.74, 6) is -2.57. The second-order valence-electron chi connectivity index (χ2n) is 16.8. The van der Waals surface area contributed by atoms with Crippen molar-refractivity contribution in [1.29, 1.82) is 0 Å². The molecule has 3 saturated heterocycles. The third-order valence-corrected chi connectivity index (χ3v) is 12.1. The summed E-state index contributed by atoms with van der Waals surface area (Å²) in [5, 5.41) is 59.0. The molecule has 17 atom stereocenters. The number of nitrogens with zero attached hydrogens (tertiary/aromatic N) is 1. The molecule has 296 valence electrons. The van der Waals surface area contributed by atoms with Crippen LogP contribution in [-0.4, -0.2) is 137 Å². The molecule has 0 aliphatic carbocycles. The fourth-order valence-electron chi connectivity index (χ4n) is 8.83. The number of rotatable bonds is 7. The number of esters is 1. The number of hydroxylamine groups is 3.